The number of aromatic nitrogens is 1. The van der Waals surface area contributed by atoms with Crippen molar-refractivity contribution in [2.45, 2.75) is 19.9 Å². The van der Waals surface area contributed by atoms with Crippen LogP contribution in [0.25, 0.3) is 0 Å². The number of halogens is 1. The van der Waals surface area contributed by atoms with Gasteiger partial charge in [-0.15, -0.1) is 0 Å². The molecule has 2 N–H and O–H groups in total. The Bertz CT molecular complexity index is 894. The highest BCUT2D eigenvalue weighted by atomic mass is 19.1. The van der Waals surface area contributed by atoms with Gasteiger partial charge in [-0.2, -0.15) is 0 Å². The van der Waals surface area contributed by atoms with E-state index in [9.17, 15) is 9.18 Å². The SMILES string of the molecule is Cc1cccc(CNc2ccc(NC(=O)Cc3cccc(F)c3)cn2)c1. The molecule has 0 aliphatic rings. The summed E-state index contributed by atoms with van der Waals surface area (Å²) < 4.78 is 13.2. The van der Waals surface area contributed by atoms with Gasteiger partial charge in [-0.05, 0) is 42.3 Å². The fourth-order valence-electron chi connectivity index (χ4n) is 2.62. The molecule has 132 valence electrons. The van der Waals surface area contributed by atoms with Crippen LogP contribution >= 0.6 is 0 Å². The van der Waals surface area contributed by atoms with Crippen LogP contribution in [0.2, 0.25) is 0 Å². The summed E-state index contributed by atoms with van der Waals surface area (Å²) in [7, 11) is 0. The van der Waals surface area contributed by atoms with Crippen LogP contribution in [0.3, 0.4) is 0 Å². The molecule has 0 unspecified atom stereocenters. The van der Waals surface area contributed by atoms with Crippen molar-refractivity contribution in [3.05, 3.63) is 89.4 Å². The molecular weight excluding hydrogens is 329 g/mol. The molecule has 2 aromatic carbocycles. The van der Waals surface area contributed by atoms with Gasteiger partial charge in [0, 0.05) is 6.54 Å². The lowest BCUT2D eigenvalue weighted by Crippen LogP contribution is -2.14. The number of carbonyl (C=O) groups is 1. The Hall–Kier alpha value is -3.21. The maximum absolute atomic E-state index is 13.2. The van der Waals surface area contributed by atoms with Crippen LogP contribution in [0.5, 0.6) is 0 Å². The van der Waals surface area contributed by atoms with Gasteiger partial charge in [-0.3, -0.25) is 4.79 Å². The van der Waals surface area contributed by atoms with E-state index >= 15 is 0 Å². The van der Waals surface area contributed by atoms with E-state index < -0.39 is 0 Å². The van der Waals surface area contributed by atoms with Crippen LogP contribution in [0.1, 0.15) is 16.7 Å². The normalized spacial score (nSPS) is 10.4. The third kappa shape index (κ3) is 5.14. The standard InChI is InChI=1S/C21H20FN3O/c1-15-4-2-6-17(10-15)13-23-20-9-8-19(14-24-20)25-21(26)12-16-5-3-7-18(22)11-16/h2-11,14H,12-13H2,1H3,(H,23,24)(H,25,26). The molecule has 1 amide bonds. The van der Waals surface area contributed by atoms with Crippen LogP contribution in [-0.2, 0) is 17.8 Å². The first-order valence-electron chi connectivity index (χ1n) is 8.38. The van der Waals surface area contributed by atoms with Crippen molar-refractivity contribution in [3.63, 3.8) is 0 Å². The summed E-state index contributed by atoms with van der Waals surface area (Å²) in [5.41, 5.74) is 3.63. The summed E-state index contributed by atoms with van der Waals surface area (Å²) in [4.78, 5) is 16.3. The molecule has 0 atom stereocenters. The van der Waals surface area contributed by atoms with Gasteiger partial charge in [0.25, 0.3) is 0 Å². The van der Waals surface area contributed by atoms with Gasteiger partial charge >= 0.3 is 0 Å². The topological polar surface area (TPSA) is 54.0 Å². The van der Waals surface area contributed by atoms with Gasteiger partial charge in [0.2, 0.25) is 5.91 Å². The van der Waals surface area contributed by atoms with Crippen molar-refractivity contribution in [1.29, 1.82) is 0 Å². The molecule has 0 saturated carbocycles. The Morgan fingerprint density at radius 2 is 1.85 bits per heavy atom. The van der Waals surface area contributed by atoms with Gasteiger partial charge in [-0.25, -0.2) is 9.37 Å². The van der Waals surface area contributed by atoms with Crippen molar-refractivity contribution in [3.8, 4) is 0 Å². The van der Waals surface area contributed by atoms with E-state index in [1.54, 1.807) is 24.4 Å². The fraction of sp³-hybridized carbons (Fsp3) is 0.143. The molecule has 0 aliphatic carbocycles. The first-order chi connectivity index (χ1) is 12.6. The van der Waals surface area contributed by atoms with Gasteiger partial charge in [-0.1, -0.05) is 42.0 Å². The molecule has 1 heterocycles. The van der Waals surface area contributed by atoms with E-state index in [1.165, 1.54) is 23.3 Å². The fourth-order valence-corrected chi connectivity index (χ4v) is 2.62. The van der Waals surface area contributed by atoms with E-state index in [-0.39, 0.29) is 18.1 Å². The lowest BCUT2D eigenvalue weighted by Gasteiger charge is -2.08. The average Bonchev–Trinajstić information content (AvgIpc) is 2.61. The second kappa shape index (κ2) is 8.25. The number of pyridine rings is 1. The second-order valence-electron chi connectivity index (χ2n) is 6.13. The number of nitrogens with one attached hydrogen (secondary N) is 2. The highest BCUT2D eigenvalue weighted by molar-refractivity contribution is 5.92. The number of rotatable bonds is 6. The predicted octanol–water partition coefficient (Wildman–Crippen LogP) is 4.32. The Morgan fingerprint density at radius 1 is 1.04 bits per heavy atom. The average molecular weight is 349 g/mol. The number of aryl methyl sites for hydroxylation is 1. The molecule has 26 heavy (non-hydrogen) atoms. The van der Waals surface area contributed by atoms with Gasteiger partial charge in [0.05, 0.1) is 18.3 Å². The molecular formula is C21H20FN3O. The zero-order valence-electron chi connectivity index (χ0n) is 14.5. The van der Waals surface area contributed by atoms with Crippen molar-refractivity contribution in [2.24, 2.45) is 0 Å². The van der Waals surface area contributed by atoms with E-state index in [0.717, 1.165) is 5.82 Å². The number of anilines is 2. The minimum Gasteiger partial charge on any atom is -0.366 e. The smallest absolute Gasteiger partial charge is 0.228 e. The van der Waals surface area contributed by atoms with Crippen LogP contribution < -0.4 is 10.6 Å². The van der Waals surface area contributed by atoms with Crippen LogP contribution in [-0.4, -0.2) is 10.9 Å². The quantitative estimate of drug-likeness (QED) is 0.697. The summed E-state index contributed by atoms with van der Waals surface area (Å²) in [5.74, 6) is 0.175. The van der Waals surface area contributed by atoms with Crippen LogP contribution in [0, 0.1) is 12.7 Å². The molecule has 0 fully saturated rings. The Kier molecular flexibility index (Phi) is 5.59. The highest BCUT2D eigenvalue weighted by Crippen LogP contribution is 2.13. The summed E-state index contributed by atoms with van der Waals surface area (Å²) in [6, 6.07) is 17.9. The molecule has 5 heteroatoms. The molecule has 0 spiro atoms. The number of amides is 1. The first-order valence-corrected chi connectivity index (χ1v) is 8.38. The van der Waals surface area contributed by atoms with Crippen molar-refractivity contribution < 1.29 is 9.18 Å². The minimum atomic E-state index is -0.346. The van der Waals surface area contributed by atoms with Gasteiger partial charge in [0.1, 0.15) is 11.6 Å². The molecule has 4 nitrogen and oxygen atoms in total. The summed E-state index contributed by atoms with van der Waals surface area (Å²) in [6.45, 7) is 2.74. The number of benzene rings is 2. The molecule has 1 aromatic heterocycles. The second-order valence-corrected chi connectivity index (χ2v) is 6.13. The number of hydrogen-bond acceptors (Lipinski definition) is 3. The van der Waals surface area contributed by atoms with Crippen LogP contribution in [0.15, 0.2) is 66.9 Å². The molecule has 3 aromatic rings. The number of hydrogen-bond donors (Lipinski definition) is 2. The largest absolute Gasteiger partial charge is 0.366 e. The monoisotopic (exact) mass is 349 g/mol. The van der Waals surface area contributed by atoms with Crippen molar-refractivity contribution >= 4 is 17.4 Å². The maximum Gasteiger partial charge on any atom is 0.228 e. The van der Waals surface area contributed by atoms with Crippen LogP contribution in [0.4, 0.5) is 15.9 Å². The van der Waals surface area contributed by atoms with E-state index in [4.69, 9.17) is 0 Å². The summed E-state index contributed by atoms with van der Waals surface area (Å²) >= 11 is 0. The van der Waals surface area contributed by atoms with Gasteiger partial charge < -0.3 is 10.6 Å². The first kappa shape index (κ1) is 17.6. The Balaban J connectivity index is 1.53. The van der Waals surface area contributed by atoms with Crippen molar-refractivity contribution in [2.75, 3.05) is 10.6 Å². The van der Waals surface area contributed by atoms with Crippen molar-refractivity contribution in [1.82, 2.24) is 4.98 Å². The third-order valence-corrected chi connectivity index (χ3v) is 3.86. The Labute approximate surface area is 152 Å². The molecule has 0 radical (unpaired) electrons. The Morgan fingerprint density at radius 3 is 2.58 bits per heavy atom. The van der Waals surface area contributed by atoms with Gasteiger partial charge in [0.15, 0.2) is 0 Å². The zero-order chi connectivity index (χ0) is 18.4. The summed E-state index contributed by atoms with van der Waals surface area (Å²) in [6.07, 6.45) is 1.72. The maximum atomic E-state index is 13.2. The molecule has 3 rings (SSSR count). The highest BCUT2D eigenvalue weighted by Gasteiger charge is 2.05. The van der Waals surface area contributed by atoms with E-state index in [2.05, 4.69) is 40.7 Å². The third-order valence-electron chi connectivity index (χ3n) is 3.86. The lowest BCUT2D eigenvalue weighted by molar-refractivity contribution is -0.115. The zero-order valence-corrected chi connectivity index (χ0v) is 14.5. The number of nitrogens with zero attached hydrogens (tertiary/aromatic N) is 1. The van der Waals surface area contributed by atoms with E-state index in [0.29, 0.717) is 17.8 Å². The summed E-state index contributed by atoms with van der Waals surface area (Å²) in [5, 5.41) is 6.02. The molecule has 0 aliphatic heterocycles. The lowest BCUT2D eigenvalue weighted by atomic mass is 10.1. The minimum absolute atomic E-state index is 0.116. The molecule has 0 saturated heterocycles. The predicted molar refractivity (Wildman–Crippen MR) is 101 cm³/mol. The molecule has 0 bridgehead atoms. The number of carbonyl (C=O) groups excluding carboxylic acids is 1. The van der Waals surface area contributed by atoms with E-state index in [1.807, 2.05) is 12.1 Å².